The van der Waals surface area contributed by atoms with Crippen LogP contribution in [0.4, 0.5) is 0 Å². The molecule has 8 heteroatoms. The average Bonchev–Trinajstić information content (AvgIpc) is 3.00. The normalized spacial score (nSPS) is 10.9. The van der Waals surface area contributed by atoms with Gasteiger partial charge in [0.05, 0.1) is 26.0 Å². The van der Waals surface area contributed by atoms with Crippen molar-refractivity contribution in [1.29, 1.82) is 0 Å². The summed E-state index contributed by atoms with van der Waals surface area (Å²) in [4.78, 5) is 25.4. The fraction of sp³-hybridized carbons (Fsp3) is 0.0938. The van der Waals surface area contributed by atoms with Gasteiger partial charge < -0.3 is 18.9 Å². The van der Waals surface area contributed by atoms with Crippen molar-refractivity contribution in [2.24, 2.45) is 5.10 Å². The number of methoxy groups -OCH3 is 2. The number of rotatable bonds is 9. The van der Waals surface area contributed by atoms with Gasteiger partial charge in [0.25, 0.3) is 5.91 Å². The Hall–Kier alpha value is -5.37. The molecule has 0 unspecified atom stereocenters. The summed E-state index contributed by atoms with van der Waals surface area (Å²) >= 11 is 0. The van der Waals surface area contributed by atoms with Crippen LogP contribution in [0.15, 0.2) is 102 Å². The predicted octanol–water partition coefficient (Wildman–Crippen LogP) is 5.76. The van der Waals surface area contributed by atoms with Gasteiger partial charge in [0.1, 0.15) is 11.5 Å². The van der Waals surface area contributed by atoms with E-state index in [2.05, 4.69) is 10.5 Å². The Labute approximate surface area is 230 Å². The Balaban J connectivity index is 1.31. The van der Waals surface area contributed by atoms with Crippen LogP contribution < -0.4 is 24.4 Å². The maximum absolute atomic E-state index is 13.0. The van der Waals surface area contributed by atoms with Crippen LogP contribution in [0, 0.1) is 0 Å². The maximum atomic E-state index is 13.0. The first kappa shape index (κ1) is 26.2. The van der Waals surface area contributed by atoms with Crippen molar-refractivity contribution in [3.63, 3.8) is 0 Å². The van der Waals surface area contributed by atoms with E-state index in [4.69, 9.17) is 18.9 Å². The van der Waals surface area contributed by atoms with Gasteiger partial charge in [-0.3, -0.25) is 4.79 Å². The number of nitrogens with zero attached hydrogens (tertiary/aromatic N) is 1. The first-order chi connectivity index (χ1) is 19.6. The van der Waals surface area contributed by atoms with Crippen LogP contribution in [0.2, 0.25) is 0 Å². The summed E-state index contributed by atoms with van der Waals surface area (Å²) < 4.78 is 21.9. The zero-order valence-electron chi connectivity index (χ0n) is 21.9. The number of benzene rings is 5. The molecule has 1 amide bonds. The van der Waals surface area contributed by atoms with E-state index in [1.54, 1.807) is 24.3 Å². The highest BCUT2D eigenvalue weighted by atomic mass is 16.5. The number of nitrogens with one attached hydrogen (secondary N) is 1. The summed E-state index contributed by atoms with van der Waals surface area (Å²) in [5.74, 6) is 0.746. The summed E-state index contributed by atoms with van der Waals surface area (Å²) in [6.07, 6.45) is 1.45. The molecular formula is C32H26N2O6. The Kier molecular flexibility index (Phi) is 7.87. The zero-order chi connectivity index (χ0) is 27.9. The Morgan fingerprint density at radius 1 is 0.750 bits per heavy atom. The van der Waals surface area contributed by atoms with Gasteiger partial charge in [-0.05, 0) is 57.9 Å². The number of carbonyl (C=O) groups is 2. The first-order valence-electron chi connectivity index (χ1n) is 12.4. The molecule has 0 heterocycles. The quantitative estimate of drug-likeness (QED) is 0.112. The molecular weight excluding hydrogens is 508 g/mol. The monoisotopic (exact) mass is 534 g/mol. The number of carbonyl (C=O) groups excluding carboxylic acids is 2. The summed E-state index contributed by atoms with van der Waals surface area (Å²) in [6, 6.07) is 29.4. The van der Waals surface area contributed by atoms with E-state index < -0.39 is 11.9 Å². The molecule has 1 N–H and O–H groups in total. The van der Waals surface area contributed by atoms with Crippen LogP contribution in [0.1, 0.15) is 15.9 Å². The Bertz CT molecular complexity index is 1730. The molecule has 40 heavy (non-hydrogen) atoms. The standard InChI is InChI=1S/C32H26N2O6/c1-37-29-16-13-24(18-30(29)38-2)32(36)40-28-15-12-22-8-5-6-10-26(22)27(28)19-33-34-31(35)20-39-25-14-11-21-7-3-4-9-23(21)17-25/h3-19H,20H2,1-2H3,(H,34,35). The van der Waals surface area contributed by atoms with E-state index in [1.807, 2.05) is 72.8 Å². The largest absolute Gasteiger partial charge is 0.493 e. The van der Waals surface area contributed by atoms with Crippen LogP contribution in [-0.4, -0.2) is 38.9 Å². The van der Waals surface area contributed by atoms with Gasteiger partial charge in [0.15, 0.2) is 18.1 Å². The van der Waals surface area contributed by atoms with Crippen molar-refractivity contribution in [2.75, 3.05) is 20.8 Å². The van der Waals surface area contributed by atoms with E-state index >= 15 is 0 Å². The SMILES string of the molecule is COc1ccc(C(=O)Oc2ccc3ccccc3c2C=NNC(=O)COc2ccc3ccccc3c2)cc1OC. The number of hydrogen-bond donors (Lipinski definition) is 1. The molecule has 0 aliphatic heterocycles. The fourth-order valence-electron chi connectivity index (χ4n) is 4.23. The minimum absolute atomic E-state index is 0.216. The second-order valence-corrected chi connectivity index (χ2v) is 8.75. The number of esters is 1. The van der Waals surface area contributed by atoms with Gasteiger partial charge >= 0.3 is 5.97 Å². The molecule has 0 radical (unpaired) electrons. The van der Waals surface area contributed by atoms with E-state index in [9.17, 15) is 9.59 Å². The number of hydrogen-bond acceptors (Lipinski definition) is 7. The average molecular weight is 535 g/mol. The highest BCUT2D eigenvalue weighted by Crippen LogP contribution is 2.30. The first-order valence-corrected chi connectivity index (χ1v) is 12.4. The third kappa shape index (κ3) is 5.86. The number of ether oxygens (including phenoxy) is 4. The van der Waals surface area contributed by atoms with Crippen LogP contribution in [0.5, 0.6) is 23.0 Å². The second kappa shape index (κ2) is 12.0. The van der Waals surface area contributed by atoms with Crippen LogP contribution in [0.25, 0.3) is 21.5 Å². The van der Waals surface area contributed by atoms with E-state index in [-0.39, 0.29) is 17.9 Å². The van der Waals surface area contributed by atoms with E-state index in [1.165, 1.54) is 20.4 Å². The van der Waals surface area contributed by atoms with Gasteiger partial charge in [-0.25, -0.2) is 10.2 Å². The molecule has 5 aromatic carbocycles. The number of amides is 1. The molecule has 8 nitrogen and oxygen atoms in total. The number of fused-ring (bicyclic) bond motifs is 2. The van der Waals surface area contributed by atoms with Crippen LogP contribution >= 0.6 is 0 Å². The van der Waals surface area contributed by atoms with Gasteiger partial charge in [-0.15, -0.1) is 0 Å². The summed E-state index contributed by atoms with van der Waals surface area (Å²) in [7, 11) is 3.01. The third-order valence-electron chi connectivity index (χ3n) is 6.23. The van der Waals surface area contributed by atoms with Crippen molar-refractivity contribution in [2.45, 2.75) is 0 Å². The minimum atomic E-state index is -0.585. The molecule has 0 fully saturated rings. The van der Waals surface area contributed by atoms with E-state index in [0.717, 1.165) is 21.5 Å². The lowest BCUT2D eigenvalue weighted by atomic mass is 10.0. The zero-order valence-corrected chi connectivity index (χ0v) is 21.9. The van der Waals surface area contributed by atoms with Gasteiger partial charge in [-0.1, -0.05) is 60.7 Å². The van der Waals surface area contributed by atoms with Gasteiger partial charge in [0, 0.05) is 5.56 Å². The van der Waals surface area contributed by atoms with Crippen molar-refractivity contribution in [3.05, 3.63) is 108 Å². The molecule has 5 rings (SSSR count). The summed E-state index contributed by atoms with van der Waals surface area (Å²) in [5.41, 5.74) is 3.29. The molecule has 0 saturated heterocycles. The van der Waals surface area contributed by atoms with Crippen molar-refractivity contribution >= 4 is 39.6 Å². The van der Waals surface area contributed by atoms with Crippen molar-refractivity contribution in [3.8, 4) is 23.0 Å². The van der Waals surface area contributed by atoms with Crippen molar-refractivity contribution < 1.29 is 28.5 Å². The maximum Gasteiger partial charge on any atom is 0.343 e. The minimum Gasteiger partial charge on any atom is -0.493 e. The molecule has 0 spiro atoms. The van der Waals surface area contributed by atoms with Gasteiger partial charge in [0.2, 0.25) is 0 Å². The third-order valence-corrected chi connectivity index (χ3v) is 6.23. The summed E-state index contributed by atoms with van der Waals surface area (Å²) in [5, 5.41) is 7.93. The molecule has 0 aliphatic rings. The van der Waals surface area contributed by atoms with E-state index in [0.29, 0.717) is 22.8 Å². The summed E-state index contributed by atoms with van der Waals surface area (Å²) in [6.45, 7) is -0.216. The smallest absolute Gasteiger partial charge is 0.343 e. The Morgan fingerprint density at radius 2 is 1.45 bits per heavy atom. The lowest BCUT2D eigenvalue weighted by Crippen LogP contribution is -2.24. The Morgan fingerprint density at radius 3 is 2.25 bits per heavy atom. The highest BCUT2D eigenvalue weighted by Gasteiger charge is 2.16. The lowest BCUT2D eigenvalue weighted by Gasteiger charge is -2.12. The predicted molar refractivity (Wildman–Crippen MR) is 154 cm³/mol. The van der Waals surface area contributed by atoms with Crippen LogP contribution in [-0.2, 0) is 4.79 Å². The van der Waals surface area contributed by atoms with Crippen molar-refractivity contribution in [1.82, 2.24) is 5.43 Å². The second-order valence-electron chi connectivity index (χ2n) is 8.75. The topological polar surface area (TPSA) is 95.5 Å². The fourth-order valence-corrected chi connectivity index (χ4v) is 4.23. The highest BCUT2D eigenvalue weighted by molar-refractivity contribution is 6.04. The molecule has 0 aliphatic carbocycles. The molecule has 0 atom stereocenters. The number of hydrazone groups is 1. The van der Waals surface area contributed by atoms with Gasteiger partial charge in [-0.2, -0.15) is 5.10 Å². The molecule has 200 valence electrons. The van der Waals surface area contributed by atoms with Crippen LogP contribution in [0.3, 0.4) is 0 Å². The molecule has 0 saturated carbocycles. The lowest BCUT2D eigenvalue weighted by molar-refractivity contribution is -0.123. The molecule has 0 bridgehead atoms. The molecule has 0 aromatic heterocycles. The molecule has 5 aromatic rings.